The molecule has 1 aliphatic rings. The van der Waals surface area contributed by atoms with Gasteiger partial charge in [0.15, 0.2) is 11.5 Å². The van der Waals surface area contributed by atoms with Gasteiger partial charge >= 0.3 is 5.97 Å². The van der Waals surface area contributed by atoms with Gasteiger partial charge in [-0.05, 0) is 24.3 Å². The molecule has 0 unspecified atom stereocenters. The molecule has 0 aliphatic carbocycles. The van der Waals surface area contributed by atoms with Crippen molar-refractivity contribution in [3.8, 4) is 0 Å². The number of benzene rings is 1. The third kappa shape index (κ3) is 4.25. The van der Waals surface area contributed by atoms with Gasteiger partial charge in [0.05, 0.1) is 18.4 Å². The summed E-state index contributed by atoms with van der Waals surface area (Å²) in [5.74, 6) is -0.307. The van der Waals surface area contributed by atoms with E-state index < -0.39 is 11.9 Å². The number of esters is 1. The number of rotatable bonds is 4. The molecule has 2 amide bonds. The second-order valence-electron chi connectivity index (χ2n) is 6.26. The number of carbonyl (C=O) groups excluding carboxylic acids is 3. The van der Waals surface area contributed by atoms with E-state index >= 15 is 0 Å². The van der Waals surface area contributed by atoms with Gasteiger partial charge < -0.3 is 19.9 Å². The number of hydrogen-bond acceptors (Lipinski definition) is 7. The minimum atomic E-state index is -0.540. The van der Waals surface area contributed by atoms with E-state index in [2.05, 4.69) is 15.5 Å². The molecule has 0 radical (unpaired) electrons. The maximum absolute atomic E-state index is 12.5. The summed E-state index contributed by atoms with van der Waals surface area (Å²) in [6, 6.07) is 9.87. The summed E-state index contributed by atoms with van der Waals surface area (Å²) in [6.07, 6.45) is 0. The fraction of sp³-hybridized carbons (Fsp3) is 0.316. The second-order valence-corrected chi connectivity index (χ2v) is 6.26. The summed E-state index contributed by atoms with van der Waals surface area (Å²) in [5.41, 5.74) is 0.725. The van der Waals surface area contributed by atoms with Crippen LogP contribution in [0.3, 0.4) is 0 Å². The Balaban J connectivity index is 1.67. The van der Waals surface area contributed by atoms with Crippen molar-refractivity contribution >= 4 is 29.3 Å². The van der Waals surface area contributed by atoms with Crippen LogP contribution in [0.15, 0.2) is 36.4 Å². The van der Waals surface area contributed by atoms with E-state index in [4.69, 9.17) is 4.74 Å². The first-order chi connectivity index (χ1) is 13.5. The summed E-state index contributed by atoms with van der Waals surface area (Å²) in [5, 5.41) is 10.8. The molecule has 3 rings (SSSR count). The van der Waals surface area contributed by atoms with Crippen LogP contribution in [0.1, 0.15) is 27.8 Å². The molecule has 0 atom stereocenters. The molecule has 146 valence electrons. The highest BCUT2D eigenvalue weighted by Crippen LogP contribution is 2.18. The fourth-order valence-electron chi connectivity index (χ4n) is 2.93. The average Bonchev–Trinajstić information content (AvgIpc) is 2.73. The maximum Gasteiger partial charge on any atom is 0.339 e. The van der Waals surface area contributed by atoms with Crippen molar-refractivity contribution in [3.63, 3.8) is 0 Å². The molecular weight excluding hydrogens is 362 g/mol. The maximum atomic E-state index is 12.5. The van der Waals surface area contributed by atoms with E-state index in [9.17, 15) is 14.4 Å². The standard InChI is InChI=1S/C19H21N5O4/c1-13(25)23-9-11-24(12-10-23)17-8-7-16(21-22-17)18(26)20-15-6-4-3-5-14(15)19(27)28-2/h3-8H,9-12H2,1-2H3,(H,20,26). The number of aromatic nitrogens is 2. The molecule has 2 aromatic rings. The van der Waals surface area contributed by atoms with Crippen LogP contribution in [-0.2, 0) is 9.53 Å². The Bertz CT molecular complexity index is 876. The van der Waals surface area contributed by atoms with Crippen LogP contribution in [0.25, 0.3) is 0 Å². The number of para-hydroxylation sites is 1. The van der Waals surface area contributed by atoms with Crippen LogP contribution < -0.4 is 10.2 Å². The highest BCUT2D eigenvalue weighted by Gasteiger charge is 2.20. The quantitative estimate of drug-likeness (QED) is 0.791. The van der Waals surface area contributed by atoms with E-state index in [1.165, 1.54) is 7.11 Å². The number of hydrogen-bond donors (Lipinski definition) is 1. The lowest BCUT2D eigenvalue weighted by Gasteiger charge is -2.34. The van der Waals surface area contributed by atoms with Crippen molar-refractivity contribution in [1.29, 1.82) is 0 Å². The number of piperazine rings is 1. The zero-order valence-electron chi connectivity index (χ0n) is 15.7. The predicted molar refractivity (Wildman–Crippen MR) is 102 cm³/mol. The molecule has 2 heterocycles. The largest absolute Gasteiger partial charge is 0.465 e. The van der Waals surface area contributed by atoms with E-state index in [1.807, 2.05) is 4.90 Å². The van der Waals surface area contributed by atoms with Crippen LogP contribution in [0.4, 0.5) is 11.5 Å². The van der Waals surface area contributed by atoms with Crippen LogP contribution in [0, 0.1) is 0 Å². The van der Waals surface area contributed by atoms with E-state index in [0.717, 1.165) is 0 Å². The van der Waals surface area contributed by atoms with Gasteiger partial charge in [0.2, 0.25) is 5.91 Å². The molecule has 28 heavy (non-hydrogen) atoms. The van der Waals surface area contributed by atoms with Gasteiger partial charge in [0.1, 0.15) is 0 Å². The Kier molecular flexibility index (Phi) is 5.83. The minimum Gasteiger partial charge on any atom is -0.465 e. The number of ether oxygens (including phenoxy) is 1. The topological polar surface area (TPSA) is 105 Å². The third-order valence-electron chi connectivity index (χ3n) is 4.51. The number of methoxy groups -OCH3 is 1. The lowest BCUT2D eigenvalue weighted by Crippen LogP contribution is -2.48. The molecular formula is C19H21N5O4. The van der Waals surface area contributed by atoms with Gasteiger partial charge in [-0.15, -0.1) is 10.2 Å². The van der Waals surface area contributed by atoms with Crippen molar-refractivity contribution in [2.24, 2.45) is 0 Å². The van der Waals surface area contributed by atoms with Crippen LogP contribution >= 0.6 is 0 Å². The molecule has 1 fully saturated rings. The number of anilines is 2. The van der Waals surface area contributed by atoms with Gasteiger partial charge in [-0.2, -0.15) is 0 Å². The molecule has 1 N–H and O–H groups in total. The zero-order chi connectivity index (χ0) is 20.1. The Morgan fingerprint density at radius 1 is 1.00 bits per heavy atom. The van der Waals surface area contributed by atoms with Crippen molar-refractivity contribution in [1.82, 2.24) is 15.1 Å². The molecule has 9 heteroatoms. The fourth-order valence-corrected chi connectivity index (χ4v) is 2.93. The molecule has 0 bridgehead atoms. The van der Waals surface area contributed by atoms with Gasteiger partial charge in [0, 0.05) is 33.1 Å². The van der Waals surface area contributed by atoms with Gasteiger partial charge in [-0.1, -0.05) is 12.1 Å². The third-order valence-corrected chi connectivity index (χ3v) is 4.51. The number of nitrogens with one attached hydrogen (secondary N) is 1. The highest BCUT2D eigenvalue weighted by molar-refractivity contribution is 6.07. The molecule has 0 saturated carbocycles. The summed E-state index contributed by atoms with van der Waals surface area (Å²) in [4.78, 5) is 39.5. The monoisotopic (exact) mass is 383 g/mol. The summed E-state index contributed by atoms with van der Waals surface area (Å²) >= 11 is 0. The van der Waals surface area contributed by atoms with Gasteiger partial charge in [-0.3, -0.25) is 9.59 Å². The van der Waals surface area contributed by atoms with E-state index in [1.54, 1.807) is 48.2 Å². The molecule has 1 saturated heterocycles. The molecule has 1 aliphatic heterocycles. The first-order valence-corrected chi connectivity index (χ1v) is 8.82. The van der Waals surface area contributed by atoms with Gasteiger partial charge in [0.25, 0.3) is 5.91 Å². The van der Waals surface area contributed by atoms with Crippen molar-refractivity contribution < 1.29 is 19.1 Å². The minimum absolute atomic E-state index is 0.0602. The molecule has 0 spiro atoms. The summed E-state index contributed by atoms with van der Waals surface area (Å²) in [7, 11) is 1.28. The first kappa shape index (κ1) is 19.3. The number of amides is 2. The lowest BCUT2D eigenvalue weighted by molar-refractivity contribution is -0.129. The smallest absolute Gasteiger partial charge is 0.339 e. The summed E-state index contributed by atoms with van der Waals surface area (Å²) < 4.78 is 4.72. The Labute approximate surface area is 162 Å². The van der Waals surface area contributed by atoms with E-state index in [0.29, 0.717) is 37.7 Å². The Morgan fingerprint density at radius 3 is 2.32 bits per heavy atom. The lowest BCUT2D eigenvalue weighted by atomic mass is 10.1. The molecule has 1 aromatic heterocycles. The average molecular weight is 383 g/mol. The first-order valence-electron chi connectivity index (χ1n) is 8.82. The normalized spacial score (nSPS) is 13.8. The van der Waals surface area contributed by atoms with Crippen LogP contribution in [-0.4, -0.2) is 66.2 Å². The van der Waals surface area contributed by atoms with Crippen molar-refractivity contribution in [2.45, 2.75) is 6.92 Å². The number of carbonyl (C=O) groups is 3. The van der Waals surface area contributed by atoms with Crippen molar-refractivity contribution in [3.05, 3.63) is 47.7 Å². The SMILES string of the molecule is COC(=O)c1ccccc1NC(=O)c1ccc(N2CCN(C(C)=O)CC2)nn1. The van der Waals surface area contributed by atoms with Crippen LogP contribution in [0.5, 0.6) is 0 Å². The Morgan fingerprint density at radius 2 is 1.71 bits per heavy atom. The van der Waals surface area contributed by atoms with E-state index in [-0.39, 0.29) is 17.2 Å². The van der Waals surface area contributed by atoms with Gasteiger partial charge in [-0.25, -0.2) is 4.79 Å². The Hall–Kier alpha value is -3.49. The molecule has 1 aromatic carbocycles. The molecule has 9 nitrogen and oxygen atoms in total. The number of nitrogens with zero attached hydrogens (tertiary/aromatic N) is 4. The predicted octanol–water partition coefficient (Wildman–Crippen LogP) is 1.18. The second kappa shape index (κ2) is 8.47. The van der Waals surface area contributed by atoms with Crippen LogP contribution in [0.2, 0.25) is 0 Å². The highest BCUT2D eigenvalue weighted by atomic mass is 16.5. The van der Waals surface area contributed by atoms with Crippen molar-refractivity contribution in [2.75, 3.05) is 43.5 Å². The summed E-state index contributed by atoms with van der Waals surface area (Å²) in [6.45, 7) is 4.13. The zero-order valence-corrected chi connectivity index (χ0v) is 15.7.